The second kappa shape index (κ2) is 5.70. The molecule has 2 N–H and O–H groups in total. The molecule has 2 rings (SSSR count). The van der Waals surface area contributed by atoms with E-state index in [2.05, 4.69) is 10.4 Å². The van der Waals surface area contributed by atoms with Gasteiger partial charge in [-0.15, -0.1) is 0 Å². The Morgan fingerprint density at radius 2 is 1.95 bits per heavy atom. The highest BCUT2D eigenvalue weighted by Gasteiger charge is 2.26. The van der Waals surface area contributed by atoms with E-state index in [9.17, 15) is 18.4 Å². The van der Waals surface area contributed by atoms with Crippen LogP contribution in [0.3, 0.4) is 0 Å². The monoisotopic (exact) mass is 295 g/mol. The summed E-state index contributed by atoms with van der Waals surface area (Å²) in [4.78, 5) is 23.1. The molecule has 0 radical (unpaired) electrons. The molecule has 1 aromatic carbocycles. The standard InChI is InChI=1S/C13H11F2N3O3/c1-18-6-7(5-16-18)11(13(20)21)17-12(19)10-8(14)3-2-4-9(10)15/h2-6,11H,1H3,(H,17,19)(H,20,21). The van der Waals surface area contributed by atoms with Crippen molar-refractivity contribution in [3.8, 4) is 0 Å². The van der Waals surface area contributed by atoms with Crippen LogP contribution in [0.2, 0.25) is 0 Å². The van der Waals surface area contributed by atoms with Gasteiger partial charge in [0, 0.05) is 18.8 Å². The summed E-state index contributed by atoms with van der Waals surface area (Å²) >= 11 is 0. The van der Waals surface area contributed by atoms with E-state index < -0.39 is 35.1 Å². The van der Waals surface area contributed by atoms with Crippen LogP contribution in [0, 0.1) is 11.6 Å². The average Bonchev–Trinajstić information content (AvgIpc) is 2.81. The molecule has 1 atom stereocenters. The number of benzene rings is 1. The molecule has 0 saturated carbocycles. The Labute approximate surface area is 118 Å². The molecule has 0 spiro atoms. The number of aliphatic carboxylic acids is 1. The van der Waals surface area contributed by atoms with E-state index in [1.165, 1.54) is 17.1 Å². The molecule has 0 aliphatic rings. The van der Waals surface area contributed by atoms with Gasteiger partial charge in [0.1, 0.15) is 17.2 Å². The van der Waals surface area contributed by atoms with Crippen molar-refractivity contribution in [2.75, 3.05) is 0 Å². The summed E-state index contributed by atoms with van der Waals surface area (Å²) in [5, 5.41) is 15.0. The minimum atomic E-state index is -1.45. The third kappa shape index (κ3) is 3.04. The molecule has 0 aliphatic carbocycles. The maximum Gasteiger partial charge on any atom is 0.331 e. The summed E-state index contributed by atoms with van der Waals surface area (Å²) in [5.41, 5.74) is -0.636. The first-order valence-electron chi connectivity index (χ1n) is 5.86. The predicted molar refractivity (Wildman–Crippen MR) is 67.4 cm³/mol. The second-order valence-corrected chi connectivity index (χ2v) is 4.29. The zero-order chi connectivity index (χ0) is 15.6. The molecule has 0 aliphatic heterocycles. The average molecular weight is 295 g/mol. The Hall–Kier alpha value is -2.77. The SMILES string of the molecule is Cn1cc(C(NC(=O)c2c(F)cccc2F)C(=O)O)cn1. The van der Waals surface area contributed by atoms with Crippen molar-refractivity contribution in [1.82, 2.24) is 15.1 Å². The van der Waals surface area contributed by atoms with Crippen LogP contribution in [0.4, 0.5) is 8.78 Å². The molecule has 0 saturated heterocycles. The Bertz CT molecular complexity index is 679. The van der Waals surface area contributed by atoms with E-state index >= 15 is 0 Å². The molecule has 1 unspecified atom stereocenters. The van der Waals surface area contributed by atoms with Crippen LogP contribution < -0.4 is 5.32 Å². The molecule has 2 aromatic rings. The summed E-state index contributed by atoms with van der Waals surface area (Å²) < 4.78 is 28.3. The molecule has 6 nitrogen and oxygen atoms in total. The molecule has 8 heteroatoms. The fraction of sp³-hybridized carbons (Fsp3) is 0.154. The van der Waals surface area contributed by atoms with Crippen molar-refractivity contribution in [2.24, 2.45) is 7.05 Å². The Kier molecular flexibility index (Phi) is 3.97. The second-order valence-electron chi connectivity index (χ2n) is 4.29. The number of carboxylic acid groups (broad SMARTS) is 1. The lowest BCUT2D eigenvalue weighted by Crippen LogP contribution is -2.34. The van der Waals surface area contributed by atoms with E-state index in [-0.39, 0.29) is 5.56 Å². The molecule has 0 bridgehead atoms. The number of nitrogens with zero attached hydrogens (tertiary/aromatic N) is 2. The first-order chi connectivity index (χ1) is 9.90. The summed E-state index contributed by atoms with van der Waals surface area (Å²) in [6.45, 7) is 0. The van der Waals surface area contributed by atoms with E-state index in [0.29, 0.717) is 0 Å². The minimum absolute atomic E-state index is 0.190. The van der Waals surface area contributed by atoms with Gasteiger partial charge < -0.3 is 10.4 Å². The van der Waals surface area contributed by atoms with Crippen molar-refractivity contribution in [3.05, 3.63) is 53.4 Å². The Balaban J connectivity index is 2.29. The molecule has 1 heterocycles. The van der Waals surface area contributed by atoms with Crippen molar-refractivity contribution >= 4 is 11.9 Å². The molecule has 21 heavy (non-hydrogen) atoms. The number of carbonyl (C=O) groups excluding carboxylic acids is 1. The van der Waals surface area contributed by atoms with Gasteiger partial charge in [-0.3, -0.25) is 9.48 Å². The van der Waals surface area contributed by atoms with Gasteiger partial charge in [0.15, 0.2) is 6.04 Å². The fourth-order valence-corrected chi connectivity index (χ4v) is 1.79. The van der Waals surface area contributed by atoms with Gasteiger partial charge >= 0.3 is 5.97 Å². The fourth-order valence-electron chi connectivity index (χ4n) is 1.79. The van der Waals surface area contributed by atoms with Gasteiger partial charge in [-0.2, -0.15) is 5.10 Å². The predicted octanol–water partition coefficient (Wildman–Crippen LogP) is 1.25. The number of carbonyl (C=O) groups is 2. The lowest BCUT2D eigenvalue weighted by atomic mass is 10.1. The van der Waals surface area contributed by atoms with Gasteiger partial charge in [0.2, 0.25) is 0 Å². The maximum atomic E-state index is 13.5. The third-order valence-electron chi connectivity index (χ3n) is 2.77. The maximum absolute atomic E-state index is 13.5. The highest BCUT2D eigenvalue weighted by atomic mass is 19.1. The largest absolute Gasteiger partial charge is 0.479 e. The number of hydrogen-bond donors (Lipinski definition) is 2. The van der Waals surface area contributed by atoms with Crippen LogP contribution in [0.1, 0.15) is 22.0 Å². The highest BCUT2D eigenvalue weighted by Crippen LogP contribution is 2.16. The lowest BCUT2D eigenvalue weighted by molar-refractivity contribution is -0.139. The molecule has 1 aromatic heterocycles. The van der Waals surface area contributed by atoms with Crippen molar-refractivity contribution < 1.29 is 23.5 Å². The van der Waals surface area contributed by atoms with Crippen LogP contribution in [0.25, 0.3) is 0 Å². The van der Waals surface area contributed by atoms with Gasteiger partial charge in [-0.25, -0.2) is 13.6 Å². The Morgan fingerprint density at radius 1 is 1.33 bits per heavy atom. The van der Waals surface area contributed by atoms with Crippen LogP contribution in [0.5, 0.6) is 0 Å². The van der Waals surface area contributed by atoms with Crippen LogP contribution in [-0.4, -0.2) is 26.8 Å². The quantitative estimate of drug-likeness (QED) is 0.889. The number of aryl methyl sites for hydroxylation is 1. The zero-order valence-electron chi connectivity index (χ0n) is 10.9. The summed E-state index contributed by atoms with van der Waals surface area (Å²) in [6, 6.07) is 1.48. The summed E-state index contributed by atoms with van der Waals surface area (Å²) in [6.07, 6.45) is 2.63. The van der Waals surface area contributed by atoms with Crippen LogP contribution in [0.15, 0.2) is 30.6 Å². The smallest absolute Gasteiger partial charge is 0.331 e. The molecular weight excluding hydrogens is 284 g/mol. The molecule has 1 amide bonds. The van der Waals surface area contributed by atoms with Crippen molar-refractivity contribution in [1.29, 1.82) is 0 Å². The number of hydrogen-bond acceptors (Lipinski definition) is 3. The van der Waals surface area contributed by atoms with Gasteiger partial charge in [-0.1, -0.05) is 6.07 Å². The van der Waals surface area contributed by atoms with Gasteiger partial charge in [0.25, 0.3) is 5.91 Å². The molecule has 0 fully saturated rings. The number of halogens is 2. The first kappa shape index (κ1) is 14.6. The van der Waals surface area contributed by atoms with Crippen molar-refractivity contribution in [3.63, 3.8) is 0 Å². The third-order valence-corrected chi connectivity index (χ3v) is 2.77. The van der Waals surface area contributed by atoms with E-state index in [1.54, 1.807) is 7.05 Å². The number of nitrogens with one attached hydrogen (secondary N) is 1. The summed E-state index contributed by atoms with van der Waals surface area (Å²) in [5.74, 6) is -4.65. The lowest BCUT2D eigenvalue weighted by Gasteiger charge is -2.13. The van der Waals surface area contributed by atoms with Crippen LogP contribution >= 0.6 is 0 Å². The molecular formula is C13H11F2N3O3. The molecule has 110 valence electrons. The topological polar surface area (TPSA) is 84.2 Å². The van der Waals surface area contributed by atoms with Gasteiger partial charge in [-0.05, 0) is 12.1 Å². The van der Waals surface area contributed by atoms with Crippen molar-refractivity contribution in [2.45, 2.75) is 6.04 Å². The zero-order valence-corrected chi connectivity index (χ0v) is 10.9. The van der Waals surface area contributed by atoms with Gasteiger partial charge in [0.05, 0.1) is 6.20 Å². The van der Waals surface area contributed by atoms with E-state index in [1.807, 2.05) is 0 Å². The van der Waals surface area contributed by atoms with Crippen LogP contribution in [-0.2, 0) is 11.8 Å². The number of carboxylic acids is 1. The Morgan fingerprint density at radius 3 is 2.43 bits per heavy atom. The normalized spacial score (nSPS) is 12.0. The van der Waals surface area contributed by atoms with E-state index in [4.69, 9.17) is 5.11 Å². The summed E-state index contributed by atoms with van der Waals surface area (Å²) in [7, 11) is 1.57. The first-order valence-corrected chi connectivity index (χ1v) is 5.86. The minimum Gasteiger partial charge on any atom is -0.479 e. The number of amides is 1. The number of aromatic nitrogens is 2. The highest BCUT2D eigenvalue weighted by molar-refractivity contribution is 5.97. The van der Waals surface area contributed by atoms with E-state index in [0.717, 1.165) is 18.2 Å². The number of rotatable bonds is 4.